The predicted molar refractivity (Wildman–Crippen MR) is 71.5 cm³/mol. The van der Waals surface area contributed by atoms with Gasteiger partial charge < -0.3 is 15.1 Å². The first kappa shape index (κ1) is 13.0. The van der Waals surface area contributed by atoms with Gasteiger partial charge in [0.15, 0.2) is 5.13 Å². The minimum absolute atomic E-state index is 0.110. The van der Waals surface area contributed by atoms with E-state index in [9.17, 15) is 9.59 Å². The van der Waals surface area contributed by atoms with Crippen LogP contribution in [0.4, 0.5) is 5.13 Å². The Hall–Kier alpha value is -2.41. The van der Waals surface area contributed by atoms with Gasteiger partial charge in [0.1, 0.15) is 5.76 Å². The SMILES string of the molecule is O=C(C=Cc1ccco1)NCC(=O)Nc1nccs1. The van der Waals surface area contributed by atoms with E-state index < -0.39 is 0 Å². The summed E-state index contributed by atoms with van der Waals surface area (Å²) >= 11 is 1.31. The number of carbonyl (C=O) groups excluding carboxylic acids is 2. The molecule has 6 nitrogen and oxygen atoms in total. The minimum atomic E-state index is -0.370. The lowest BCUT2D eigenvalue weighted by Gasteiger charge is -2.01. The topological polar surface area (TPSA) is 84.2 Å². The van der Waals surface area contributed by atoms with Gasteiger partial charge in [0.25, 0.3) is 0 Å². The maximum atomic E-state index is 11.4. The molecule has 0 aromatic carbocycles. The number of nitrogens with one attached hydrogen (secondary N) is 2. The molecule has 0 aliphatic heterocycles. The van der Waals surface area contributed by atoms with Crippen LogP contribution >= 0.6 is 11.3 Å². The maximum absolute atomic E-state index is 11.4. The first-order valence-electron chi connectivity index (χ1n) is 5.43. The van der Waals surface area contributed by atoms with Crippen LogP contribution in [0.3, 0.4) is 0 Å². The highest BCUT2D eigenvalue weighted by molar-refractivity contribution is 7.13. The summed E-state index contributed by atoms with van der Waals surface area (Å²) in [6.45, 7) is -0.110. The van der Waals surface area contributed by atoms with Crippen molar-refractivity contribution < 1.29 is 14.0 Å². The zero-order chi connectivity index (χ0) is 13.5. The first-order chi connectivity index (χ1) is 9.24. The fourth-order valence-corrected chi connectivity index (χ4v) is 1.76. The molecule has 2 amide bonds. The second-order valence-electron chi connectivity index (χ2n) is 3.45. The molecule has 0 spiro atoms. The second-order valence-corrected chi connectivity index (χ2v) is 4.35. The van der Waals surface area contributed by atoms with Gasteiger partial charge in [-0.1, -0.05) is 0 Å². The van der Waals surface area contributed by atoms with E-state index in [0.717, 1.165) is 0 Å². The zero-order valence-electron chi connectivity index (χ0n) is 9.83. The fraction of sp³-hybridized carbons (Fsp3) is 0.0833. The number of carbonyl (C=O) groups is 2. The van der Waals surface area contributed by atoms with Gasteiger partial charge in [0, 0.05) is 17.7 Å². The molecule has 2 rings (SSSR count). The Bertz CT molecular complexity index is 561. The Balaban J connectivity index is 1.73. The molecule has 19 heavy (non-hydrogen) atoms. The van der Waals surface area contributed by atoms with E-state index in [4.69, 9.17) is 4.42 Å². The van der Waals surface area contributed by atoms with Gasteiger partial charge >= 0.3 is 0 Å². The fourth-order valence-electron chi connectivity index (χ4n) is 1.22. The van der Waals surface area contributed by atoms with Gasteiger partial charge in [-0.25, -0.2) is 4.98 Å². The molecule has 2 aromatic rings. The van der Waals surface area contributed by atoms with Crippen molar-refractivity contribution in [1.82, 2.24) is 10.3 Å². The highest BCUT2D eigenvalue weighted by Crippen LogP contribution is 2.09. The van der Waals surface area contributed by atoms with Crippen molar-refractivity contribution in [3.05, 3.63) is 41.8 Å². The van der Waals surface area contributed by atoms with Crippen LogP contribution in [0.2, 0.25) is 0 Å². The molecule has 0 radical (unpaired) electrons. The molecule has 7 heteroatoms. The number of thiazole rings is 1. The number of aromatic nitrogens is 1. The lowest BCUT2D eigenvalue weighted by atomic mass is 10.4. The van der Waals surface area contributed by atoms with Gasteiger partial charge in [0.2, 0.25) is 11.8 Å². The average molecular weight is 277 g/mol. The number of hydrogen-bond donors (Lipinski definition) is 2. The number of nitrogens with zero attached hydrogens (tertiary/aromatic N) is 1. The number of anilines is 1. The first-order valence-corrected chi connectivity index (χ1v) is 6.31. The molecule has 0 atom stereocenters. The summed E-state index contributed by atoms with van der Waals surface area (Å²) in [5, 5.41) is 7.27. The third-order valence-corrected chi connectivity index (χ3v) is 2.73. The van der Waals surface area contributed by atoms with E-state index in [1.54, 1.807) is 23.7 Å². The molecule has 2 heterocycles. The summed E-state index contributed by atoms with van der Waals surface area (Å²) in [6.07, 6.45) is 5.92. The molecule has 0 bridgehead atoms. The normalized spacial score (nSPS) is 10.5. The van der Waals surface area contributed by atoms with Gasteiger partial charge in [-0.3, -0.25) is 9.59 Å². The number of hydrogen-bond acceptors (Lipinski definition) is 5. The van der Waals surface area contributed by atoms with Crippen LogP contribution in [0.15, 0.2) is 40.5 Å². The van der Waals surface area contributed by atoms with Gasteiger partial charge in [-0.2, -0.15) is 0 Å². The summed E-state index contributed by atoms with van der Waals surface area (Å²) in [5.74, 6) is -0.122. The third kappa shape index (κ3) is 4.40. The van der Waals surface area contributed by atoms with E-state index in [0.29, 0.717) is 10.9 Å². The highest BCUT2D eigenvalue weighted by Gasteiger charge is 2.05. The van der Waals surface area contributed by atoms with Crippen LogP contribution in [0, 0.1) is 0 Å². The van der Waals surface area contributed by atoms with E-state index in [1.165, 1.54) is 29.8 Å². The smallest absolute Gasteiger partial charge is 0.245 e. The average Bonchev–Trinajstić information content (AvgIpc) is 3.06. The summed E-state index contributed by atoms with van der Waals surface area (Å²) in [5.41, 5.74) is 0. The molecule has 2 aromatic heterocycles. The minimum Gasteiger partial charge on any atom is -0.465 e. The van der Waals surface area contributed by atoms with Crippen molar-refractivity contribution in [3.63, 3.8) is 0 Å². The van der Waals surface area contributed by atoms with Crippen molar-refractivity contribution in [1.29, 1.82) is 0 Å². The van der Waals surface area contributed by atoms with Gasteiger partial charge in [-0.15, -0.1) is 11.3 Å². The van der Waals surface area contributed by atoms with E-state index in [-0.39, 0.29) is 18.4 Å². The van der Waals surface area contributed by atoms with Crippen molar-refractivity contribution in [2.75, 3.05) is 11.9 Å². The summed E-state index contributed by atoms with van der Waals surface area (Å²) < 4.78 is 5.03. The molecule has 0 aliphatic carbocycles. The summed E-state index contributed by atoms with van der Waals surface area (Å²) in [6, 6.07) is 3.44. The molecule has 0 fully saturated rings. The Morgan fingerprint density at radius 1 is 1.47 bits per heavy atom. The summed E-state index contributed by atoms with van der Waals surface area (Å²) in [4.78, 5) is 26.8. The molecule has 0 saturated heterocycles. The lowest BCUT2D eigenvalue weighted by Crippen LogP contribution is -2.31. The molecular weight excluding hydrogens is 266 g/mol. The number of furan rings is 1. The molecular formula is C12H11N3O3S. The van der Waals surface area contributed by atoms with Gasteiger partial charge in [-0.05, 0) is 18.2 Å². The van der Waals surface area contributed by atoms with Crippen LogP contribution in [-0.4, -0.2) is 23.3 Å². The van der Waals surface area contributed by atoms with Crippen molar-refractivity contribution in [2.45, 2.75) is 0 Å². The molecule has 0 aliphatic rings. The zero-order valence-corrected chi connectivity index (χ0v) is 10.6. The Kier molecular flexibility index (Phi) is 4.46. The largest absolute Gasteiger partial charge is 0.465 e. The predicted octanol–water partition coefficient (Wildman–Crippen LogP) is 1.50. The quantitative estimate of drug-likeness (QED) is 0.811. The Morgan fingerprint density at radius 2 is 2.37 bits per heavy atom. The molecule has 0 saturated carbocycles. The number of rotatable bonds is 5. The molecule has 98 valence electrons. The Morgan fingerprint density at radius 3 is 3.05 bits per heavy atom. The van der Waals surface area contributed by atoms with Crippen molar-refractivity contribution >= 4 is 34.4 Å². The lowest BCUT2D eigenvalue weighted by molar-refractivity contribution is -0.121. The summed E-state index contributed by atoms with van der Waals surface area (Å²) in [7, 11) is 0. The van der Waals surface area contributed by atoms with Crippen LogP contribution in [0.5, 0.6) is 0 Å². The van der Waals surface area contributed by atoms with Crippen molar-refractivity contribution in [3.8, 4) is 0 Å². The highest BCUT2D eigenvalue weighted by atomic mass is 32.1. The maximum Gasteiger partial charge on any atom is 0.245 e. The number of amides is 2. The van der Waals surface area contributed by atoms with Crippen LogP contribution in [-0.2, 0) is 9.59 Å². The van der Waals surface area contributed by atoms with E-state index >= 15 is 0 Å². The van der Waals surface area contributed by atoms with E-state index in [1.807, 2.05) is 0 Å². The van der Waals surface area contributed by atoms with Crippen LogP contribution < -0.4 is 10.6 Å². The van der Waals surface area contributed by atoms with Gasteiger partial charge in [0.05, 0.1) is 12.8 Å². The van der Waals surface area contributed by atoms with Crippen molar-refractivity contribution in [2.24, 2.45) is 0 Å². The second kappa shape index (κ2) is 6.50. The van der Waals surface area contributed by atoms with Crippen LogP contribution in [0.1, 0.15) is 5.76 Å². The monoisotopic (exact) mass is 277 g/mol. The van der Waals surface area contributed by atoms with E-state index in [2.05, 4.69) is 15.6 Å². The standard InChI is InChI=1S/C12H11N3O3S/c16-10(4-3-9-2-1-6-18-9)14-8-11(17)15-12-13-5-7-19-12/h1-7H,8H2,(H,14,16)(H,13,15,17). The Labute approximate surface area is 113 Å². The van der Waals surface area contributed by atoms with Crippen LogP contribution in [0.25, 0.3) is 6.08 Å². The molecule has 2 N–H and O–H groups in total. The third-order valence-electron chi connectivity index (χ3n) is 2.04. The molecule has 0 unspecified atom stereocenters.